The zero-order chi connectivity index (χ0) is 14.2. The quantitative estimate of drug-likeness (QED) is 0.659. The van der Waals surface area contributed by atoms with Crippen LogP contribution in [0.5, 0.6) is 0 Å². The van der Waals surface area contributed by atoms with E-state index >= 15 is 0 Å². The smallest absolute Gasteiger partial charge is 0.371 e. The van der Waals surface area contributed by atoms with E-state index in [-0.39, 0.29) is 11.3 Å². The van der Waals surface area contributed by atoms with E-state index < -0.39 is 38.6 Å². The number of carboxylic acid groups (broad SMARTS) is 1. The molecule has 1 aromatic heterocycles. The van der Waals surface area contributed by atoms with E-state index in [9.17, 15) is 18.0 Å². The molecule has 1 atom stereocenters. The third-order valence-electron chi connectivity index (χ3n) is 2.19. The van der Waals surface area contributed by atoms with E-state index in [2.05, 4.69) is 25.5 Å². The van der Waals surface area contributed by atoms with Crippen LogP contribution >= 0.6 is 15.9 Å². The van der Waals surface area contributed by atoms with Gasteiger partial charge < -0.3 is 9.52 Å². The molecule has 0 aromatic carbocycles. The van der Waals surface area contributed by atoms with Crippen molar-refractivity contribution >= 4 is 37.8 Å². The number of aromatic carboxylic acids is 1. The average molecular weight is 355 g/mol. The lowest BCUT2D eigenvalue weighted by molar-refractivity contribution is -0.124. The van der Waals surface area contributed by atoms with Crippen molar-refractivity contribution in [1.29, 1.82) is 0 Å². The topological polar surface area (TPSA) is 135 Å². The zero-order valence-corrected chi connectivity index (χ0v) is 11.4. The monoisotopic (exact) mass is 354 g/mol. The number of nitrogens with one attached hydrogen (secondary N) is 2. The van der Waals surface area contributed by atoms with Gasteiger partial charge in [0.15, 0.2) is 4.67 Å². The molecule has 1 amide bonds. The second-order valence-electron chi connectivity index (χ2n) is 3.50. The van der Waals surface area contributed by atoms with Crippen LogP contribution in [0.4, 0.5) is 0 Å². The van der Waals surface area contributed by atoms with Gasteiger partial charge in [0, 0.05) is 6.07 Å². The standard InChI is InChI=1S/C8H7BrN2O7S/c9-6-5(1-4(18-6)8(13)14)19(15,16)11-3-2-17-10-7(3)12/h1,3,11H,2H2,(H,10,12)(H,13,14)/t3-/m1/s1. The average Bonchev–Trinajstić information content (AvgIpc) is 2.86. The van der Waals surface area contributed by atoms with Crippen molar-refractivity contribution in [2.75, 3.05) is 6.61 Å². The maximum atomic E-state index is 12.0. The molecule has 2 heterocycles. The third-order valence-corrected chi connectivity index (χ3v) is 4.52. The van der Waals surface area contributed by atoms with Crippen LogP contribution in [0.15, 0.2) is 20.0 Å². The molecule has 0 bridgehead atoms. The van der Waals surface area contributed by atoms with Crippen molar-refractivity contribution in [3.8, 4) is 0 Å². The molecule has 1 aliphatic heterocycles. The molecular formula is C8H7BrN2O7S. The molecule has 11 heteroatoms. The lowest BCUT2D eigenvalue weighted by Crippen LogP contribution is -2.41. The van der Waals surface area contributed by atoms with Gasteiger partial charge in [-0.2, -0.15) is 4.72 Å². The Balaban J connectivity index is 2.29. The van der Waals surface area contributed by atoms with Gasteiger partial charge >= 0.3 is 5.97 Å². The molecular weight excluding hydrogens is 348 g/mol. The Bertz CT molecular complexity index is 638. The second kappa shape index (κ2) is 4.92. The minimum atomic E-state index is -4.11. The van der Waals surface area contributed by atoms with E-state index in [0.29, 0.717) is 0 Å². The predicted molar refractivity (Wildman–Crippen MR) is 61.6 cm³/mol. The first-order chi connectivity index (χ1) is 8.81. The number of carbonyl (C=O) groups excluding carboxylic acids is 1. The van der Waals surface area contributed by atoms with Crippen LogP contribution in [0.3, 0.4) is 0 Å². The highest BCUT2D eigenvalue weighted by molar-refractivity contribution is 9.10. The summed E-state index contributed by atoms with van der Waals surface area (Å²) in [5.74, 6) is -2.59. The third kappa shape index (κ3) is 2.78. The van der Waals surface area contributed by atoms with Crippen molar-refractivity contribution in [3.05, 3.63) is 16.5 Å². The van der Waals surface area contributed by atoms with E-state index in [0.717, 1.165) is 6.07 Å². The first-order valence-corrected chi connectivity index (χ1v) is 7.05. The van der Waals surface area contributed by atoms with E-state index in [1.165, 1.54) is 0 Å². The van der Waals surface area contributed by atoms with E-state index in [4.69, 9.17) is 9.52 Å². The first-order valence-electron chi connectivity index (χ1n) is 4.78. The lowest BCUT2D eigenvalue weighted by Gasteiger charge is -2.07. The number of hydrogen-bond donors (Lipinski definition) is 3. The summed E-state index contributed by atoms with van der Waals surface area (Å²) in [6, 6.07) is -0.247. The Morgan fingerprint density at radius 1 is 1.58 bits per heavy atom. The summed E-state index contributed by atoms with van der Waals surface area (Å²) in [5.41, 5.74) is 1.99. The molecule has 0 spiro atoms. The second-order valence-corrected chi connectivity index (χ2v) is 5.91. The van der Waals surface area contributed by atoms with Gasteiger partial charge in [-0.05, 0) is 15.9 Å². The highest BCUT2D eigenvalue weighted by Gasteiger charge is 2.33. The fourth-order valence-electron chi connectivity index (χ4n) is 1.32. The molecule has 1 saturated heterocycles. The molecule has 1 aliphatic rings. The Labute approximate surface area is 115 Å². The van der Waals surface area contributed by atoms with Crippen molar-refractivity contribution in [2.45, 2.75) is 10.9 Å². The molecule has 0 radical (unpaired) electrons. The van der Waals surface area contributed by atoms with Crippen molar-refractivity contribution in [2.24, 2.45) is 0 Å². The number of amides is 1. The van der Waals surface area contributed by atoms with Gasteiger partial charge in [0.2, 0.25) is 15.8 Å². The number of carbonyl (C=O) groups is 2. The molecule has 9 nitrogen and oxygen atoms in total. The molecule has 0 saturated carbocycles. The van der Waals surface area contributed by atoms with Gasteiger partial charge in [-0.1, -0.05) is 0 Å². The maximum absolute atomic E-state index is 12.0. The number of halogens is 1. The first kappa shape index (κ1) is 14.0. The molecule has 2 rings (SSSR count). The maximum Gasteiger partial charge on any atom is 0.371 e. The normalized spacial score (nSPS) is 19.4. The fourth-order valence-corrected chi connectivity index (χ4v) is 3.44. The fraction of sp³-hybridized carbons (Fsp3) is 0.250. The van der Waals surface area contributed by atoms with Gasteiger partial charge in [0.25, 0.3) is 5.91 Å². The van der Waals surface area contributed by atoms with Gasteiger partial charge in [-0.25, -0.2) is 18.7 Å². The highest BCUT2D eigenvalue weighted by atomic mass is 79.9. The summed E-state index contributed by atoms with van der Waals surface area (Å²) in [4.78, 5) is 26.0. The van der Waals surface area contributed by atoms with E-state index in [1.807, 2.05) is 5.48 Å². The summed E-state index contributed by atoms with van der Waals surface area (Å²) < 4.78 is 30.4. The Morgan fingerprint density at radius 2 is 2.26 bits per heavy atom. The van der Waals surface area contributed by atoms with Crippen LogP contribution in [0.25, 0.3) is 0 Å². The van der Waals surface area contributed by atoms with Crippen LogP contribution in [-0.4, -0.2) is 38.0 Å². The van der Waals surface area contributed by atoms with Crippen molar-refractivity contribution < 1.29 is 32.4 Å². The minimum Gasteiger partial charge on any atom is -0.475 e. The molecule has 19 heavy (non-hydrogen) atoms. The Kier molecular flexibility index (Phi) is 3.62. The summed E-state index contributed by atoms with van der Waals surface area (Å²) in [5, 5.41) is 8.70. The van der Waals surface area contributed by atoms with Crippen LogP contribution in [0.1, 0.15) is 10.6 Å². The summed E-state index contributed by atoms with van der Waals surface area (Å²) in [7, 11) is -4.11. The number of rotatable bonds is 4. The van der Waals surface area contributed by atoms with Crippen molar-refractivity contribution in [3.63, 3.8) is 0 Å². The molecule has 104 valence electrons. The van der Waals surface area contributed by atoms with Crippen LogP contribution in [0, 0.1) is 0 Å². The number of furan rings is 1. The van der Waals surface area contributed by atoms with Gasteiger partial charge in [-0.15, -0.1) is 0 Å². The summed E-state index contributed by atoms with van der Waals surface area (Å²) >= 11 is 2.80. The minimum absolute atomic E-state index is 0.167. The van der Waals surface area contributed by atoms with Gasteiger partial charge in [0.1, 0.15) is 17.5 Å². The lowest BCUT2D eigenvalue weighted by atomic mass is 10.3. The largest absolute Gasteiger partial charge is 0.475 e. The van der Waals surface area contributed by atoms with Crippen molar-refractivity contribution in [1.82, 2.24) is 10.2 Å². The van der Waals surface area contributed by atoms with Gasteiger partial charge in [0.05, 0.1) is 0 Å². The Morgan fingerprint density at radius 3 is 2.74 bits per heavy atom. The summed E-state index contributed by atoms with van der Waals surface area (Å²) in [6.07, 6.45) is 0. The van der Waals surface area contributed by atoms with Crippen LogP contribution in [0.2, 0.25) is 0 Å². The highest BCUT2D eigenvalue weighted by Crippen LogP contribution is 2.26. The number of hydroxylamine groups is 1. The predicted octanol–water partition coefficient (Wildman–Crippen LogP) is -0.551. The SMILES string of the molecule is O=C(O)c1cc(S(=O)(=O)N[C@@H]2CONC2=O)c(Br)o1. The zero-order valence-electron chi connectivity index (χ0n) is 9.04. The number of carboxylic acids is 1. The van der Waals surface area contributed by atoms with Crippen LogP contribution < -0.4 is 10.2 Å². The Hall–Kier alpha value is -1.43. The van der Waals surface area contributed by atoms with Crippen LogP contribution in [-0.2, 0) is 19.7 Å². The van der Waals surface area contributed by atoms with E-state index in [1.54, 1.807) is 0 Å². The molecule has 0 aliphatic carbocycles. The van der Waals surface area contributed by atoms with Gasteiger partial charge in [-0.3, -0.25) is 9.63 Å². The molecule has 1 aromatic rings. The molecule has 0 unspecified atom stereocenters. The number of sulfonamides is 1. The molecule has 3 N–H and O–H groups in total. The summed E-state index contributed by atoms with van der Waals surface area (Å²) in [6.45, 7) is -0.167. The molecule has 1 fully saturated rings. The number of hydrogen-bond acceptors (Lipinski definition) is 6.